The summed E-state index contributed by atoms with van der Waals surface area (Å²) in [6, 6.07) is 15.0. The number of sulfonamides is 1. The van der Waals surface area contributed by atoms with Crippen molar-refractivity contribution in [3.8, 4) is 6.07 Å². The van der Waals surface area contributed by atoms with Crippen LogP contribution in [0.5, 0.6) is 0 Å². The standard InChI is InChI=1S/C24H28N4O3S.ClH/c1-17-2-5-21(14-23(17)27-32(30,31)22-8-11-26-16-22)24(29)28-12-9-20(10-13-28)19-6-3-18(15-25)4-7-19;/h2-7,14,20,22,26-27H,8-13,16H2,1H3;1H. The number of amides is 1. The highest BCUT2D eigenvalue weighted by Gasteiger charge is 2.29. The summed E-state index contributed by atoms with van der Waals surface area (Å²) >= 11 is 0. The first-order chi connectivity index (χ1) is 15.4. The molecule has 2 aliphatic heterocycles. The van der Waals surface area contributed by atoms with Gasteiger partial charge in [-0.3, -0.25) is 9.52 Å². The summed E-state index contributed by atoms with van der Waals surface area (Å²) in [5.74, 6) is 0.290. The molecule has 0 aliphatic carbocycles. The lowest BCUT2D eigenvalue weighted by Crippen LogP contribution is -2.38. The highest BCUT2D eigenvalue weighted by atomic mass is 35.5. The Morgan fingerprint density at radius 2 is 1.82 bits per heavy atom. The lowest BCUT2D eigenvalue weighted by Gasteiger charge is -2.32. The van der Waals surface area contributed by atoms with Crippen molar-refractivity contribution in [2.75, 3.05) is 30.9 Å². The fraction of sp³-hybridized carbons (Fsp3) is 0.417. The molecule has 0 radical (unpaired) electrons. The van der Waals surface area contributed by atoms with Crippen molar-refractivity contribution < 1.29 is 13.2 Å². The first-order valence-corrected chi connectivity index (χ1v) is 12.5. The van der Waals surface area contributed by atoms with Gasteiger partial charge in [0.05, 0.1) is 22.6 Å². The topological polar surface area (TPSA) is 102 Å². The number of hydrogen-bond acceptors (Lipinski definition) is 5. The Bertz CT molecular complexity index is 1130. The zero-order valence-corrected chi connectivity index (χ0v) is 20.2. The summed E-state index contributed by atoms with van der Waals surface area (Å²) in [6.45, 7) is 4.27. The maximum Gasteiger partial charge on any atom is 0.253 e. The normalized spacial score (nSPS) is 18.9. The molecule has 1 unspecified atom stereocenters. The summed E-state index contributed by atoms with van der Waals surface area (Å²) in [4.78, 5) is 15.0. The maximum atomic E-state index is 13.1. The van der Waals surface area contributed by atoms with Crippen LogP contribution >= 0.6 is 12.4 Å². The average Bonchev–Trinajstić information content (AvgIpc) is 3.36. The Morgan fingerprint density at radius 3 is 2.42 bits per heavy atom. The molecule has 2 heterocycles. The maximum absolute atomic E-state index is 13.1. The summed E-state index contributed by atoms with van der Waals surface area (Å²) in [6.07, 6.45) is 2.30. The van der Waals surface area contributed by atoms with E-state index in [4.69, 9.17) is 5.26 Å². The van der Waals surface area contributed by atoms with Gasteiger partial charge in [0.2, 0.25) is 10.0 Å². The van der Waals surface area contributed by atoms with E-state index in [1.807, 2.05) is 36.1 Å². The van der Waals surface area contributed by atoms with Gasteiger partial charge >= 0.3 is 0 Å². The Morgan fingerprint density at radius 1 is 1.12 bits per heavy atom. The number of hydrogen-bond donors (Lipinski definition) is 2. The van der Waals surface area contributed by atoms with Gasteiger partial charge in [-0.15, -0.1) is 12.4 Å². The second kappa shape index (κ2) is 10.6. The molecule has 2 saturated heterocycles. The number of halogens is 1. The number of nitrogens with one attached hydrogen (secondary N) is 2. The van der Waals surface area contributed by atoms with Crippen LogP contribution in [0.2, 0.25) is 0 Å². The quantitative estimate of drug-likeness (QED) is 0.671. The Hall–Kier alpha value is -2.60. The molecule has 2 aromatic carbocycles. The third-order valence-corrected chi connectivity index (χ3v) is 8.27. The Balaban J connectivity index is 0.00000306. The number of likely N-dealkylation sites (tertiary alicyclic amines) is 1. The van der Waals surface area contributed by atoms with Gasteiger partial charge in [-0.2, -0.15) is 5.26 Å². The third kappa shape index (κ3) is 5.67. The van der Waals surface area contributed by atoms with Crippen LogP contribution in [0.4, 0.5) is 5.69 Å². The number of nitrogens with zero attached hydrogens (tertiary/aromatic N) is 2. The number of nitriles is 1. The van der Waals surface area contributed by atoms with E-state index in [0.717, 1.165) is 18.4 Å². The van der Waals surface area contributed by atoms with Crippen LogP contribution in [0, 0.1) is 18.3 Å². The van der Waals surface area contributed by atoms with Gasteiger partial charge in [-0.1, -0.05) is 18.2 Å². The van der Waals surface area contributed by atoms with Gasteiger partial charge in [0.15, 0.2) is 0 Å². The van der Waals surface area contributed by atoms with Crippen molar-refractivity contribution in [3.63, 3.8) is 0 Å². The number of rotatable bonds is 5. The third-order valence-electron chi connectivity index (χ3n) is 6.48. The Labute approximate surface area is 201 Å². The number of benzene rings is 2. The molecule has 0 spiro atoms. The highest BCUT2D eigenvalue weighted by Crippen LogP contribution is 2.29. The van der Waals surface area contributed by atoms with Crippen LogP contribution in [-0.4, -0.2) is 50.7 Å². The van der Waals surface area contributed by atoms with Gasteiger partial charge in [0.25, 0.3) is 5.91 Å². The molecule has 2 N–H and O–H groups in total. The lowest BCUT2D eigenvalue weighted by atomic mass is 9.89. The fourth-order valence-electron chi connectivity index (χ4n) is 4.42. The zero-order valence-electron chi connectivity index (χ0n) is 18.6. The van der Waals surface area contributed by atoms with Crippen molar-refractivity contribution in [3.05, 3.63) is 64.7 Å². The largest absolute Gasteiger partial charge is 0.339 e. The summed E-state index contributed by atoms with van der Waals surface area (Å²) in [5.41, 5.74) is 3.60. The van der Waals surface area contributed by atoms with Crippen LogP contribution in [0.1, 0.15) is 52.2 Å². The first-order valence-electron chi connectivity index (χ1n) is 11.0. The van der Waals surface area contributed by atoms with E-state index in [-0.39, 0.29) is 18.3 Å². The average molecular weight is 489 g/mol. The molecule has 9 heteroatoms. The molecule has 1 atom stereocenters. The minimum atomic E-state index is -3.50. The molecule has 33 heavy (non-hydrogen) atoms. The van der Waals surface area contributed by atoms with E-state index < -0.39 is 15.3 Å². The number of anilines is 1. The Kier molecular flexibility index (Phi) is 8.01. The predicted molar refractivity (Wildman–Crippen MR) is 131 cm³/mol. The van der Waals surface area contributed by atoms with Gasteiger partial charge < -0.3 is 10.2 Å². The number of piperidine rings is 1. The van der Waals surface area contributed by atoms with E-state index in [9.17, 15) is 13.2 Å². The number of aryl methyl sites for hydroxylation is 1. The summed E-state index contributed by atoms with van der Waals surface area (Å²) in [5, 5.41) is 11.6. The molecule has 1 amide bonds. The molecule has 4 rings (SSSR count). The molecule has 2 aliphatic rings. The van der Waals surface area contributed by atoms with Crippen LogP contribution < -0.4 is 10.0 Å². The summed E-state index contributed by atoms with van der Waals surface area (Å²) < 4.78 is 28.1. The smallest absolute Gasteiger partial charge is 0.253 e. The predicted octanol–water partition coefficient (Wildman–Crippen LogP) is 3.41. The van der Waals surface area contributed by atoms with Gasteiger partial charge in [-0.25, -0.2) is 8.42 Å². The summed E-state index contributed by atoms with van der Waals surface area (Å²) in [7, 11) is -3.50. The lowest BCUT2D eigenvalue weighted by molar-refractivity contribution is 0.0713. The molecular formula is C24H29ClN4O3S. The van der Waals surface area contributed by atoms with E-state index in [0.29, 0.717) is 55.3 Å². The van der Waals surface area contributed by atoms with Gasteiger partial charge in [-0.05, 0) is 74.0 Å². The second-order valence-electron chi connectivity index (χ2n) is 8.59. The van der Waals surface area contributed by atoms with Crippen molar-refractivity contribution >= 4 is 34.0 Å². The van der Waals surface area contributed by atoms with Crippen LogP contribution in [0.25, 0.3) is 0 Å². The highest BCUT2D eigenvalue weighted by molar-refractivity contribution is 7.93. The van der Waals surface area contributed by atoms with Crippen LogP contribution in [0.3, 0.4) is 0 Å². The van der Waals surface area contributed by atoms with Crippen molar-refractivity contribution in [2.24, 2.45) is 0 Å². The van der Waals surface area contributed by atoms with E-state index in [1.165, 1.54) is 5.56 Å². The van der Waals surface area contributed by atoms with Gasteiger partial charge in [0, 0.05) is 25.2 Å². The number of carbonyl (C=O) groups excluding carboxylic acids is 1. The van der Waals surface area contributed by atoms with Crippen molar-refractivity contribution in [1.29, 1.82) is 5.26 Å². The number of carbonyl (C=O) groups is 1. The fourth-order valence-corrected chi connectivity index (χ4v) is 5.88. The second-order valence-corrected chi connectivity index (χ2v) is 10.6. The monoisotopic (exact) mass is 488 g/mol. The van der Waals surface area contributed by atoms with E-state index >= 15 is 0 Å². The molecule has 0 aromatic heterocycles. The van der Waals surface area contributed by atoms with Crippen LogP contribution in [-0.2, 0) is 10.0 Å². The molecule has 176 valence electrons. The van der Waals surface area contributed by atoms with E-state index in [1.54, 1.807) is 18.2 Å². The first kappa shape index (κ1) is 25.0. The molecule has 2 aromatic rings. The van der Waals surface area contributed by atoms with Crippen molar-refractivity contribution in [2.45, 2.75) is 37.4 Å². The molecule has 0 saturated carbocycles. The van der Waals surface area contributed by atoms with Crippen LogP contribution in [0.15, 0.2) is 42.5 Å². The molecule has 0 bridgehead atoms. The minimum absolute atomic E-state index is 0. The molecular weight excluding hydrogens is 460 g/mol. The SMILES string of the molecule is Cc1ccc(C(=O)N2CCC(c3ccc(C#N)cc3)CC2)cc1NS(=O)(=O)C1CCNC1.Cl. The van der Waals surface area contributed by atoms with E-state index in [2.05, 4.69) is 16.1 Å². The molecule has 2 fully saturated rings. The molecule has 7 nitrogen and oxygen atoms in total. The van der Waals surface area contributed by atoms with Gasteiger partial charge in [0.1, 0.15) is 0 Å². The van der Waals surface area contributed by atoms with Crippen molar-refractivity contribution in [1.82, 2.24) is 10.2 Å². The minimum Gasteiger partial charge on any atom is -0.339 e. The zero-order chi connectivity index (χ0) is 22.7.